The summed E-state index contributed by atoms with van der Waals surface area (Å²) in [5.41, 5.74) is -0.998. The minimum absolute atomic E-state index is 0.592. The molecule has 0 atom stereocenters. The lowest BCUT2D eigenvalue weighted by molar-refractivity contribution is -0.116. The van der Waals surface area contributed by atoms with Gasteiger partial charge in [0.05, 0.1) is 0 Å². The second-order valence-corrected chi connectivity index (χ2v) is 3.57. The predicted octanol–water partition coefficient (Wildman–Crippen LogP) is 0.347. The molecule has 0 saturated carbocycles. The summed E-state index contributed by atoms with van der Waals surface area (Å²) in [7, 11) is -4.45. The van der Waals surface area contributed by atoms with Crippen LogP contribution in [0.25, 0.3) is 0 Å². The zero-order chi connectivity index (χ0) is 7.65. The Bertz CT molecular complexity index is 156. The van der Waals surface area contributed by atoms with E-state index in [2.05, 4.69) is 0 Å². The lowest BCUT2D eigenvalue weighted by atomic mass is 10.3. The largest absolute Gasteiger partial charge is 0.391 e. The highest BCUT2D eigenvalue weighted by molar-refractivity contribution is 7.70. The van der Waals surface area contributed by atoms with Crippen LogP contribution in [0.3, 0.4) is 0 Å². The molecule has 0 heterocycles. The minimum Gasteiger partial charge on any atom is -0.319 e. The van der Waals surface area contributed by atoms with Gasteiger partial charge in [0, 0.05) is 5.92 Å². The smallest absolute Gasteiger partial charge is 0.319 e. The van der Waals surface area contributed by atoms with Gasteiger partial charge in [0.2, 0.25) is 5.52 Å². The van der Waals surface area contributed by atoms with Crippen LogP contribution in [-0.2, 0) is 9.36 Å². The van der Waals surface area contributed by atoms with Crippen LogP contribution in [0.2, 0.25) is 0 Å². The summed E-state index contributed by atoms with van der Waals surface area (Å²) < 4.78 is 10.1. The Morgan fingerprint density at radius 1 is 1.44 bits per heavy atom. The van der Waals surface area contributed by atoms with E-state index in [-0.39, 0.29) is 0 Å². The molecule has 4 nitrogen and oxygen atoms in total. The fourth-order valence-electron chi connectivity index (χ4n) is 0.336. The van der Waals surface area contributed by atoms with Crippen molar-refractivity contribution in [3.8, 4) is 0 Å². The molecule has 0 aliphatic heterocycles. The van der Waals surface area contributed by atoms with Crippen molar-refractivity contribution in [3.63, 3.8) is 0 Å². The third kappa shape index (κ3) is 2.75. The van der Waals surface area contributed by atoms with Gasteiger partial charge in [0.25, 0.3) is 0 Å². The van der Waals surface area contributed by atoms with Crippen molar-refractivity contribution in [1.82, 2.24) is 0 Å². The highest BCUT2D eigenvalue weighted by atomic mass is 31.2. The van der Waals surface area contributed by atoms with E-state index in [9.17, 15) is 9.36 Å². The fourth-order valence-corrected chi connectivity index (χ4v) is 1.01. The topological polar surface area (TPSA) is 74.6 Å². The molecule has 0 rings (SSSR count). The maximum atomic E-state index is 10.4. The highest BCUT2D eigenvalue weighted by Gasteiger charge is 2.27. The summed E-state index contributed by atoms with van der Waals surface area (Å²) in [5, 5.41) is 0. The third-order valence-electron chi connectivity index (χ3n) is 0.781. The van der Waals surface area contributed by atoms with Gasteiger partial charge in [0.15, 0.2) is 0 Å². The Morgan fingerprint density at radius 3 is 1.78 bits per heavy atom. The molecule has 5 heteroatoms. The quantitative estimate of drug-likeness (QED) is 0.559. The molecule has 0 aliphatic carbocycles. The van der Waals surface area contributed by atoms with Crippen LogP contribution < -0.4 is 0 Å². The van der Waals surface area contributed by atoms with E-state index in [0.29, 0.717) is 0 Å². The normalized spacial score (nSPS) is 12.1. The summed E-state index contributed by atoms with van der Waals surface area (Å²) in [5.74, 6) is -0.592. The summed E-state index contributed by atoms with van der Waals surface area (Å²) >= 11 is 0. The molecule has 0 bridgehead atoms. The molecule has 0 spiro atoms. The molecule has 0 saturated heterocycles. The molecule has 0 aliphatic rings. The number of carbonyl (C=O) groups is 1. The average molecular weight is 152 g/mol. The number of hydrogen-bond donors (Lipinski definition) is 2. The summed E-state index contributed by atoms with van der Waals surface area (Å²) in [6, 6.07) is 0. The fraction of sp³-hybridized carbons (Fsp3) is 0.750. The summed E-state index contributed by atoms with van der Waals surface area (Å²) in [6.45, 7) is 2.89. The molecular weight excluding hydrogens is 143 g/mol. The Kier molecular flexibility index (Phi) is 2.55. The molecule has 0 amide bonds. The van der Waals surface area contributed by atoms with Crippen molar-refractivity contribution in [2.45, 2.75) is 13.8 Å². The second kappa shape index (κ2) is 2.60. The van der Waals surface area contributed by atoms with Crippen molar-refractivity contribution in [2.75, 3.05) is 0 Å². The number of rotatable bonds is 2. The first-order chi connectivity index (χ1) is 3.85. The van der Waals surface area contributed by atoms with Crippen LogP contribution in [0.4, 0.5) is 0 Å². The van der Waals surface area contributed by atoms with Crippen LogP contribution in [0, 0.1) is 5.92 Å². The van der Waals surface area contributed by atoms with E-state index in [1.807, 2.05) is 0 Å². The van der Waals surface area contributed by atoms with Gasteiger partial charge in [-0.15, -0.1) is 0 Å². The first-order valence-corrected chi connectivity index (χ1v) is 4.07. The van der Waals surface area contributed by atoms with Gasteiger partial charge in [-0.3, -0.25) is 9.36 Å². The van der Waals surface area contributed by atoms with E-state index in [1.165, 1.54) is 13.8 Å². The molecule has 2 N–H and O–H groups in total. The molecule has 54 valence electrons. The molecule has 0 aromatic carbocycles. The average Bonchev–Trinajstić information content (AvgIpc) is 1.62. The maximum absolute atomic E-state index is 10.4. The van der Waals surface area contributed by atoms with Crippen molar-refractivity contribution >= 4 is 13.1 Å². The predicted molar refractivity (Wildman–Crippen MR) is 31.9 cm³/mol. The van der Waals surface area contributed by atoms with Gasteiger partial charge in [-0.2, -0.15) is 0 Å². The Labute approximate surface area is 53.0 Å². The summed E-state index contributed by atoms with van der Waals surface area (Å²) in [6.07, 6.45) is 0. The number of carbonyl (C=O) groups excluding carboxylic acids is 1. The van der Waals surface area contributed by atoms with Gasteiger partial charge in [0.1, 0.15) is 0 Å². The van der Waals surface area contributed by atoms with Crippen molar-refractivity contribution < 1.29 is 19.1 Å². The lowest BCUT2D eigenvalue weighted by Gasteiger charge is -2.03. The van der Waals surface area contributed by atoms with Crippen LogP contribution in [-0.4, -0.2) is 15.3 Å². The Balaban J connectivity index is 4.24. The molecule has 9 heavy (non-hydrogen) atoms. The van der Waals surface area contributed by atoms with Crippen LogP contribution in [0.15, 0.2) is 0 Å². The standard InChI is InChI=1S/C4H9O4P/c1-3(2)4(5)9(6,7)8/h3H,1-2H3,(H2,6,7,8). The summed E-state index contributed by atoms with van der Waals surface area (Å²) in [4.78, 5) is 26.8. The molecule has 0 unspecified atom stereocenters. The van der Waals surface area contributed by atoms with Gasteiger partial charge in [-0.05, 0) is 0 Å². The van der Waals surface area contributed by atoms with Crippen molar-refractivity contribution in [1.29, 1.82) is 0 Å². The van der Waals surface area contributed by atoms with Crippen LogP contribution >= 0.6 is 7.60 Å². The van der Waals surface area contributed by atoms with Crippen molar-refractivity contribution in [3.05, 3.63) is 0 Å². The molecule has 0 radical (unpaired) electrons. The first-order valence-electron chi connectivity index (χ1n) is 2.45. The molecular formula is C4H9O4P. The van der Waals surface area contributed by atoms with Gasteiger partial charge in [-0.1, -0.05) is 13.8 Å². The first kappa shape index (κ1) is 8.82. The van der Waals surface area contributed by atoms with Crippen LogP contribution in [0.5, 0.6) is 0 Å². The van der Waals surface area contributed by atoms with E-state index in [4.69, 9.17) is 9.79 Å². The molecule has 0 fully saturated rings. The van der Waals surface area contributed by atoms with E-state index in [1.54, 1.807) is 0 Å². The molecule has 0 aromatic heterocycles. The minimum atomic E-state index is -4.45. The van der Waals surface area contributed by atoms with Gasteiger partial charge < -0.3 is 9.79 Å². The number of hydrogen-bond acceptors (Lipinski definition) is 2. The third-order valence-corrected chi connectivity index (χ3v) is 1.87. The lowest BCUT2D eigenvalue weighted by Crippen LogP contribution is -2.06. The molecule has 0 aromatic rings. The van der Waals surface area contributed by atoms with E-state index in [0.717, 1.165) is 0 Å². The SMILES string of the molecule is CC(C)C(=O)P(=O)(O)O. The van der Waals surface area contributed by atoms with Crippen molar-refractivity contribution in [2.24, 2.45) is 5.92 Å². The van der Waals surface area contributed by atoms with Gasteiger partial charge in [-0.25, -0.2) is 0 Å². The monoisotopic (exact) mass is 152 g/mol. The van der Waals surface area contributed by atoms with Gasteiger partial charge >= 0.3 is 7.60 Å². The van der Waals surface area contributed by atoms with Crippen LogP contribution in [0.1, 0.15) is 13.8 Å². The zero-order valence-corrected chi connectivity index (χ0v) is 6.13. The van der Waals surface area contributed by atoms with E-state index < -0.39 is 19.0 Å². The highest BCUT2D eigenvalue weighted by Crippen LogP contribution is 2.38. The Morgan fingerprint density at radius 2 is 1.78 bits per heavy atom. The zero-order valence-electron chi connectivity index (χ0n) is 5.24. The second-order valence-electron chi connectivity index (χ2n) is 2.04. The Hall–Kier alpha value is -0.180. The van der Waals surface area contributed by atoms with E-state index >= 15 is 0 Å². The maximum Gasteiger partial charge on any atom is 0.391 e.